The van der Waals surface area contributed by atoms with Gasteiger partial charge in [0.05, 0.1) is 10.6 Å². The average Bonchev–Trinajstić information content (AvgIpc) is 2.52. The van der Waals surface area contributed by atoms with E-state index in [0.29, 0.717) is 21.9 Å². The Morgan fingerprint density at radius 1 is 1.17 bits per heavy atom. The molecule has 2 aromatic carbocycles. The lowest BCUT2D eigenvalue weighted by atomic mass is 10.1. The zero-order valence-corrected chi connectivity index (χ0v) is 13.3. The van der Waals surface area contributed by atoms with Crippen LogP contribution >= 0.6 is 11.6 Å². The number of aryl methyl sites for hydroxylation is 1. The van der Waals surface area contributed by atoms with Crippen molar-refractivity contribution in [1.29, 1.82) is 0 Å². The lowest BCUT2D eigenvalue weighted by molar-refractivity contribution is -0.385. The van der Waals surface area contributed by atoms with Gasteiger partial charge in [-0.25, -0.2) is 5.43 Å². The summed E-state index contributed by atoms with van der Waals surface area (Å²) < 4.78 is 0. The second-order valence-electron chi connectivity index (χ2n) is 4.90. The average molecular weight is 332 g/mol. The number of hydrazone groups is 1. The van der Waals surface area contributed by atoms with E-state index in [1.54, 1.807) is 38.1 Å². The Hall–Kier alpha value is -2.73. The van der Waals surface area contributed by atoms with Gasteiger partial charge in [0.25, 0.3) is 11.6 Å². The molecule has 0 fully saturated rings. The Balaban J connectivity index is 2.12. The van der Waals surface area contributed by atoms with E-state index < -0.39 is 10.8 Å². The van der Waals surface area contributed by atoms with E-state index in [1.165, 1.54) is 18.2 Å². The van der Waals surface area contributed by atoms with Gasteiger partial charge in [-0.3, -0.25) is 14.9 Å². The van der Waals surface area contributed by atoms with Gasteiger partial charge in [-0.15, -0.1) is 0 Å². The van der Waals surface area contributed by atoms with Gasteiger partial charge in [-0.1, -0.05) is 23.7 Å². The molecule has 7 heteroatoms. The molecule has 0 aliphatic carbocycles. The fourth-order valence-electron chi connectivity index (χ4n) is 1.96. The molecule has 1 N–H and O–H groups in total. The predicted octanol–water partition coefficient (Wildman–Crippen LogP) is 3.71. The van der Waals surface area contributed by atoms with Crippen LogP contribution in [-0.2, 0) is 0 Å². The van der Waals surface area contributed by atoms with E-state index in [0.717, 1.165) is 5.56 Å². The van der Waals surface area contributed by atoms with Gasteiger partial charge in [0.2, 0.25) is 0 Å². The van der Waals surface area contributed by atoms with Crippen molar-refractivity contribution in [2.45, 2.75) is 13.8 Å². The summed E-state index contributed by atoms with van der Waals surface area (Å²) in [5, 5.41) is 15.4. The Bertz CT molecular complexity index is 786. The number of hydrogen-bond acceptors (Lipinski definition) is 4. The second kappa shape index (κ2) is 7.02. The maximum atomic E-state index is 12.1. The Labute approximate surface area is 137 Å². The summed E-state index contributed by atoms with van der Waals surface area (Å²) in [4.78, 5) is 22.3. The number of nitro groups is 1. The van der Waals surface area contributed by atoms with Crippen molar-refractivity contribution in [3.05, 3.63) is 74.3 Å². The maximum Gasteiger partial charge on any atom is 0.272 e. The molecule has 6 nitrogen and oxygen atoms in total. The quantitative estimate of drug-likeness (QED) is 0.526. The molecular weight excluding hydrogens is 318 g/mol. The van der Waals surface area contributed by atoms with Crippen molar-refractivity contribution < 1.29 is 9.72 Å². The van der Waals surface area contributed by atoms with E-state index in [-0.39, 0.29) is 5.69 Å². The van der Waals surface area contributed by atoms with Gasteiger partial charge in [-0.2, -0.15) is 5.10 Å². The highest BCUT2D eigenvalue weighted by molar-refractivity contribution is 6.30. The van der Waals surface area contributed by atoms with Crippen LogP contribution in [0.5, 0.6) is 0 Å². The number of nitrogens with one attached hydrogen (secondary N) is 1. The summed E-state index contributed by atoms with van der Waals surface area (Å²) in [6.07, 6.45) is 0. The number of benzene rings is 2. The summed E-state index contributed by atoms with van der Waals surface area (Å²) in [6, 6.07) is 11.2. The molecule has 1 amide bonds. The third-order valence-corrected chi connectivity index (χ3v) is 3.49. The van der Waals surface area contributed by atoms with Crippen LogP contribution in [-0.4, -0.2) is 16.5 Å². The summed E-state index contributed by atoms with van der Waals surface area (Å²) in [5.74, 6) is -0.434. The van der Waals surface area contributed by atoms with Crippen LogP contribution in [0.3, 0.4) is 0 Å². The molecule has 23 heavy (non-hydrogen) atoms. The van der Waals surface area contributed by atoms with Crippen molar-refractivity contribution in [3.63, 3.8) is 0 Å². The van der Waals surface area contributed by atoms with Gasteiger partial charge < -0.3 is 0 Å². The molecule has 0 radical (unpaired) electrons. The van der Waals surface area contributed by atoms with Gasteiger partial charge in [0.1, 0.15) is 0 Å². The molecule has 0 atom stereocenters. The highest BCUT2D eigenvalue weighted by Crippen LogP contribution is 2.18. The molecule has 0 bridgehead atoms. The van der Waals surface area contributed by atoms with Crippen LogP contribution in [0.1, 0.15) is 28.4 Å². The molecule has 0 heterocycles. The van der Waals surface area contributed by atoms with Gasteiger partial charge in [0.15, 0.2) is 0 Å². The SMILES string of the molecule is CC(=NNC(=O)c1ccc([N+](=O)[O-])c(C)c1)c1ccc(Cl)cc1. The first kappa shape index (κ1) is 16.6. The van der Waals surface area contributed by atoms with Crippen molar-refractivity contribution >= 4 is 28.9 Å². The largest absolute Gasteiger partial charge is 0.272 e. The van der Waals surface area contributed by atoms with Crippen LogP contribution in [0.4, 0.5) is 5.69 Å². The molecule has 0 unspecified atom stereocenters. The van der Waals surface area contributed by atoms with E-state index >= 15 is 0 Å². The molecule has 0 saturated heterocycles. The number of rotatable bonds is 4. The van der Waals surface area contributed by atoms with Gasteiger partial charge in [-0.05, 0) is 43.7 Å². The highest BCUT2D eigenvalue weighted by Gasteiger charge is 2.13. The summed E-state index contributed by atoms with van der Waals surface area (Å²) >= 11 is 5.82. The number of halogens is 1. The molecule has 2 aromatic rings. The Morgan fingerprint density at radius 2 is 1.78 bits per heavy atom. The summed E-state index contributed by atoms with van der Waals surface area (Å²) in [6.45, 7) is 3.34. The molecule has 0 aliphatic heterocycles. The zero-order chi connectivity index (χ0) is 17.0. The standard InChI is InChI=1S/C16H14ClN3O3/c1-10-9-13(5-8-15(10)20(22)23)16(21)19-18-11(2)12-3-6-14(17)7-4-12/h3-9H,1-2H3,(H,19,21). The van der Waals surface area contributed by atoms with Crippen molar-refractivity contribution in [1.82, 2.24) is 5.43 Å². The van der Waals surface area contributed by atoms with Crippen LogP contribution < -0.4 is 5.43 Å². The van der Waals surface area contributed by atoms with E-state index in [9.17, 15) is 14.9 Å². The summed E-state index contributed by atoms with van der Waals surface area (Å²) in [5.41, 5.74) is 4.58. The molecule has 2 rings (SSSR count). The Morgan fingerprint density at radius 3 is 2.35 bits per heavy atom. The second-order valence-corrected chi connectivity index (χ2v) is 5.34. The molecule has 0 aliphatic rings. The number of amides is 1. The van der Waals surface area contributed by atoms with Gasteiger partial charge in [0, 0.05) is 22.2 Å². The first-order chi connectivity index (χ1) is 10.9. The van der Waals surface area contributed by atoms with E-state index in [2.05, 4.69) is 10.5 Å². The van der Waals surface area contributed by atoms with E-state index in [1.807, 2.05) is 0 Å². The van der Waals surface area contributed by atoms with Crippen LogP contribution in [0.25, 0.3) is 0 Å². The first-order valence-electron chi connectivity index (χ1n) is 6.74. The van der Waals surface area contributed by atoms with Crippen LogP contribution in [0.15, 0.2) is 47.6 Å². The fraction of sp³-hybridized carbons (Fsp3) is 0.125. The Kier molecular flexibility index (Phi) is 5.08. The lowest BCUT2D eigenvalue weighted by Gasteiger charge is -2.04. The molecule has 118 valence electrons. The third-order valence-electron chi connectivity index (χ3n) is 3.24. The predicted molar refractivity (Wildman–Crippen MR) is 89.0 cm³/mol. The lowest BCUT2D eigenvalue weighted by Crippen LogP contribution is -2.19. The minimum Gasteiger partial charge on any atom is -0.267 e. The summed E-state index contributed by atoms with van der Waals surface area (Å²) in [7, 11) is 0. The zero-order valence-electron chi connectivity index (χ0n) is 12.5. The maximum absolute atomic E-state index is 12.1. The minimum atomic E-state index is -0.486. The third kappa shape index (κ3) is 4.14. The number of nitrogens with zero attached hydrogens (tertiary/aromatic N) is 2. The van der Waals surface area contributed by atoms with E-state index in [4.69, 9.17) is 11.6 Å². The van der Waals surface area contributed by atoms with Crippen LogP contribution in [0, 0.1) is 17.0 Å². The smallest absolute Gasteiger partial charge is 0.267 e. The fourth-order valence-corrected chi connectivity index (χ4v) is 2.08. The van der Waals surface area contributed by atoms with Gasteiger partial charge >= 0.3 is 0 Å². The first-order valence-corrected chi connectivity index (χ1v) is 7.12. The number of hydrogen-bond donors (Lipinski definition) is 1. The molecular formula is C16H14ClN3O3. The highest BCUT2D eigenvalue weighted by atomic mass is 35.5. The number of nitro benzene ring substituents is 1. The molecule has 0 spiro atoms. The molecule has 0 saturated carbocycles. The van der Waals surface area contributed by atoms with Crippen LogP contribution in [0.2, 0.25) is 5.02 Å². The molecule has 0 aromatic heterocycles. The van der Waals surface area contributed by atoms with Crippen molar-refractivity contribution in [3.8, 4) is 0 Å². The normalized spacial score (nSPS) is 11.2. The number of carbonyl (C=O) groups is 1. The number of carbonyl (C=O) groups excluding carboxylic acids is 1. The minimum absolute atomic E-state index is 0.0256. The topological polar surface area (TPSA) is 84.6 Å². The van der Waals surface area contributed by atoms with Crippen molar-refractivity contribution in [2.75, 3.05) is 0 Å². The van der Waals surface area contributed by atoms with Crippen molar-refractivity contribution in [2.24, 2.45) is 5.10 Å². The monoisotopic (exact) mass is 331 g/mol.